The highest BCUT2D eigenvalue weighted by molar-refractivity contribution is 4.57. The van der Waals surface area contributed by atoms with Crippen LogP contribution in [0.15, 0.2) is 0 Å². The summed E-state index contributed by atoms with van der Waals surface area (Å²) in [4.78, 5) is 0. The zero-order chi connectivity index (χ0) is 6.78. The molecule has 3 nitrogen and oxygen atoms in total. The fraction of sp³-hybridized carbons (Fsp3) is 1.00. The van der Waals surface area contributed by atoms with Crippen molar-refractivity contribution >= 4 is 0 Å². The minimum absolute atomic E-state index is 0.0926. The molecule has 0 spiro atoms. The Morgan fingerprint density at radius 2 is 1.75 bits per heavy atom. The Kier molecular flexibility index (Phi) is 2.40. The molecule has 0 aliphatic rings. The van der Waals surface area contributed by atoms with Crippen LogP contribution in [0.4, 0.5) is 0 Å². The minimum Gasteiger partial charge on any atom is -0.354 e. The van der Waals surface area contributed by atoms with Gasteiger partial charge in [0.05, 0.1) is 0 Å². The van der Waals surface area contributed by atoms with Crippen LogP contribution in [0.1, 0.15) is 20.8 Å². The van der Waals surface area contributed by atoms with Crippen molar-refractivity contribution in [1.29, 1.82) is 0 Å². The van der Waals surface area contributed by atoms with Gasteiger partial charge in [0, 0.05) is 13.0 Å². The maximum Gasteiger partial charge on any atom is 0.219 e. The molecule has 0 amide bonds. The summed E-state index contributed by atoms with van der Waals surface area (Å²) in [6.07, 6.45) is 0. The molecule has 3 N–H and O–H groups in total. The highest BCUT2D eigenvalue weighted by atomic mass is 16.5. The van der Waals surface area contributed by atoms with Crippen LogP contribution in [-0.4, -0.2) is 22.2 Å². The molecular weight excluding hydrogens is 106 g/mol. The van der Waals surface area contributed by atoms with Gasteiger partial charge < -0.3 is 10.2 Å². The normalized spacial score (nSPS) is 12.8. The fourth-order valence-electron chi connectivity index (χ4n) is 0.547. The number of rotatable bonds is 2. The van der Waals surface area contributed by atoms with Crippen molar-refractivity contribution in [2.45, 2.75) is 32.7 Å². The SMILES string of the molecule is CC(C)NC(C)(O)O. The van der Waals surface area contributed by atoms with Gasteiger partial charge in [0.2, 0.25) is 5.91 Å². The molecule has 3 heteroatoms. The van der Waals surface area contributed by atoms with Gasteiger partial charge in [0.25, 0.3) is 0 Å². The highest BCUT2D eigenvalue weighted by Gasteiger charge is 2.13. The van der Waals surface area contributed by atoms with E-state index in [1.165, 1.54) is 6.92 Å². The van der Waals surface area contributed by atoms with Crippen molar-refractivity contribution < 1.29 is 10.2 Å². The molecule has 0 bridgehead atoms. The molecule has 0 unspecified atom stereocenters. The van der Waals surface area contributed by atoms with Gasteiger partial charge in [-0.05, 0) is 13.8 Å². The molecule has 0 atom stereocenters. The third-order valence-electron chi connectivity index (χ3n) is 0.562. The van der Waals surface area contributed by atoms with Gasteiger partial charge in [-0.2, -0.15) is 0 Å². The molecule has 8 heavy (non-hydrogen) atoms. The molecule has 0 fully saturated rings. The molecule has 0 aliphatic carbocycles. The molecule has 0 saturated heterocycles. The van der Waals surface area contributed by atoms with Crippen LogP contribution in [0.5, 0.6) is 0 Å². The van der Waals surface area contributed by atoms with Crippen LogP contribution in [0.2, 0.25) is 0 Å². The molecule has 0 aromatic heterocycles. The van der Waals surface area contributed by atoms with E-state index >= 15 is 0 Å². The number of hydrogen-bond acceptors (Lipinski definition) is 3. The fourth-order valence-corrected chi connectivity index (χ4v) is 0.547. The summed E-state index contributed by atoms with van der Waals surface area (Å²) < 4.78 is 0. The summed E-state index contributed by atoms with van der Waals surface area (Å²) in [6.45, 7) is 4.96. The lowest BCUT2D eigenvalue weighted by Gasteiger charge is -2.19. The summed E-state index contributed by atoms with van der Waals surface area (Å²) in [6, 6.07) is 0.0926. The molecule has 0 aliphatic heterocycles. The van der Waals surface area contributed by atoms with Crippen molar-refractivity contribution in [3.63, 3.8) is 0 Å². The number of nitrogens with one attached hydrogen (secondary N) is 1. The van der Waals surface area contributed by atoms with E-state index in [1.807, 2.05) is 13.8 Å². The Morgan fingerprint density at radius 1 is 1.38 bits per heavy atom. The summed E-state index contributed by atoms with van der Waals surface area (Å²) in [5.74, 6) is -1.73. The van der Waals surface area contributed by atoms with E-state index in [2.05, 4.69) is 5.32 Å². The second-order valence-electron chi connectivity index (χ2n) is 2.32. The van der Waals surface area contributed by atoms with E-state index < -0.39 is 5.91 Å². The molecule has 0 radical (unpaired) electrons. The molecule has 0 heterocycles. The molecule has 50 valence electrons. The van der Waals surface area contributed by atoms with Crippen LogP contribution in [0, 0.1) is 0 Å². The first-order valence-corrected chi connectivity index (χ1v) is 2.64. The number of hydrogen-bond donors (Lipinski definition) is 3. The van der Waals surface area contributed by atoms with Crippen molar-refractivity contribution in [1.82, 2.24) is 5.32 Å². The summed E-state index contributed by atoms with van der Waals surface area (Å²) in [5.41, 5.74) is 0. The minimum atomic E-state index is -1.73. The van der Waals surface area contributed by atoms with Gasteiger partial charge in [-0.25, -0.2) is 0 Å². The van der Waals surface area contributed by atoms with Gasteiger partial charge >= 0.3 is 0 Å². The Morgan fingerprint density at radius 3 is 1.75 bits per heavy atom. The molecule has 0 aromatic rings. The van der Waals surface area contributed by atoms with Gasteiger partial charge in [-0.15, -0.1) is 0 Å². The second-order valence-corrected chi connectivity index (χ2v) is 2.32. The average molecular weight is 119 g/mol. The molecule has 0 saturated carbocycles. The Bertz CT molecular complexity index is 65.3. The average Bonchev–Trinajstić information content (AvgIpc) is 1.21. The van der Waals surface area contributed by atoms with E-state index in [0.717, 1.165) is 0 Å². The predicted octanol–water partition coefficient (Wildman–Crippen LogP) is -0.357. The Balaban J connectivity index is 3.39. The molecule has 0 rings (SSSR count). The third kappa shape index (κ3) is 5.88. The largest absolute Gasteiger partial charge is 0.354 e. The highest BCUT2D eigenvalue weighted by Crippen LogP contribution is 1.91. The Labute approximate surface area is 49.3 Å². The van der Waals surface area contributed by atoms with E-state index in [0.29, 0.717) is 0 Å². The van der Waals surface area contributed by atoms with Crippen LogP contribution in [-0.2, 0) is 0 Å². The maximum atomic E-state index is 8.63. The summed E-state index contributed by atoms with van der Waals surface area (Å²) in [7, 11) is 0. The van der Waals surface area contributed by atoms with Crippen LogP contribution < -0.4 is 5.32 Å². The summed E-state index contributed by atoms with van der Waals surface area (Å²) in [5, 5.41) is 19.8. The topological polar surface area (TPSA) is 52.5 Å². The van der Waals surface area contributed by atoms with E-state index in [9.17, 15) is 0 Å². The third-order valence-corrected chi connectivity index (χ3v) is 0.562. The first-order valence-electron chi connectivity index (χ1n) is 2.64. The van der Waals surface area contributed by atoms with Crippen LogP contribution in [0.25, 0.3) is 0 Å². The van der Waals surface area contributed by atoms with Gasteiger partial charge in [-0.3, -0.25) is 5.32 Å². The smallest absolute Gasteiger partial charge is 0.219 e. The van der Waals surface area contributed by atoms with Gasteiger partial charge in [0.1, 0.15) is 0 Å². The lowest BCUT2D eigenvalue weighted by molar-refractivity contribution is -0.173. The second kappa shape index (κ2) is 2.44. The zero-order valence-corrected chi connectivity index (χ0v) is 5.47. The van der Waals surface area contributed by atoms with E-state index in [1.54, 1.807) is 0 Å². The molecule has 0 aromatic carbocycles. The lowest BCUT2D eigenvalue weighted by atomic mass is 10.4. The molecular formula is C5H13NO2. The quantitative estimate of drug-likeness (QED) is 0.435. The first kappa shape index (κ1) is 7.88. The Hall–Kier alpha value is -0.120. The van der Waals surface area contributed by atoms with Crippen molar-refractivity contribution in [3.05, 3.63) is 0 Å². The van der Waals surface area contributed by atoms with Crippen molar-refractivity contribution in [3.8, 4) is 0 Å². The monoisotopic (exact) mass is 119 g/mol. The maximum absolute atomic E-state index is 8.63. The van der Waals surface area contributed by atoms with Gasteiger partial charge in [0.15, 0.2) is 0 Å². The van der Waals surface area contributed by atoms with Crippen LogP contribution in [0.3, 0.4) is 0 Å². The van der Waals surface area contributed by atoms with E-state index in [-0.39, 0.29) is 6.04 Å². The summed E-state index contributed by atoms with van der Waals surface area (Å²) >= 11 is 0. The van der Waals surface area contributed by atoms with E-state index in [4.69, 9.17) is 10.2 Å². The number of aliphatic hydroxyl groups is 2. The zero-order valence-electron chi connectivity index (χ0n) is 5.47. The van der Waals surface area contributed by atoms with Crippen LogP contribution >= 0.6 is 0 Å². The lowest BCUT2D eigenvalue weighted by Crippen LogP contribution is -2.45. The first-order chi connectivity index (χ1) is 3.42. The standard InChI is InChI=1S/C5H13NO2/c1-4(2)6-5(3,7)8/h4,6-8H,1-3H3. The van der Waals surface area contributed by atoms with Gasteiger partial charge in [-0.1, -0.05) is 0 Å². The van der Waals surface area contributed by atoms with Crippen molar-refractivity contribution in [2.75, 3.05) is 0 Å². The predicted molar refractivity (Wildman–Crippen MR) is 31.1 cm³/mol. The van der Waals surface area contributed by atoms with Crippen molar-refractivity contribution in [2.24, 2.45) is 0 Å².